The highest BCUT2D eigenvalue weighted by Gasteiger charge is 2.23. The zero-order valence-electron chi connectivity index (χ0n) is 10.8. The maximum atomic E-state index is 12.1. The third kappa shape index (κ3) is 2.17. The highest BCUT2D eigenvalue weighted by Crippen LogP contribution is 2.34. The number of carbonyl (C=O) groups excluding carboxylic acids is 1. The van der Waals surface area contributed by atoms with Crippen molar-refractivity contribution in [3.05, 3.63) is 58.6 Å². The Kier molecular flexibility index (Phi) is 3.20. The maximum Gasteiger partial charge on any atom is 0.256 e. The number of methoxy groups -OCH3 is 1. The molecule has 0 fully saturated rings. The predicted octanol–water partition coefficient (Wildman–Crippen LogP) is 3.84. The summed E-state index contributed by atoms with van der Waals surface area (Å²) in [4.78, 5) is 12.1. The molecule has 0 spiro atoms. The van der Waals surface area contributed by atoms with Gasteiger partial charge in [0.1, 0.15) is 5.75 Å². The van der Waals surface area contributed by atoms with Crippen LogP contribution in [0.3, 0.4) is 0 Å². The molecular formula is C16H12ClNO2. The van der Waals surface area contributed by atoms with Crippen LogP contribution in [0.25, 0.3) is 11.6 Å². The molecule has 4 heteroatoms. The van der Waals surface area contributed by atoms with Gasteiger partial charge in [0.05, 0.1) is 7.11 Å². The van der Waals surface area contributed by atoms with Crippen LogP contribution in [0.1, 0.15) is 11.1 Å². The van der Waals surface area contributed by atoms with E-state index in [0.29, 0.717) is 16.3 Å². The molecule has 2 aromatic rings. The van der Waals surface area contributed by atoms with Crippen molar-refractivity contribution < 1.29 is 9.53 Å². The molecule has 0 aliphatic carbocycles. The van der Waals surface area contributed by atoms with Gasteiger partial charge >= 0.3 is 0 Å². The van der Waals surface area contributed by atoms with Gasteiger partial charge in [0.2, 0.25) is 0 Å². The molecule has 3 nitrogen and oxygen atoms in total. The minimum absolute atomic E-state index is 0.117. The first-order valence-corrected chi connectivity index (χ1v) is 6.53. The van der Waals surface area contributed by atoms with Gasteiger partial charge in [-0.05, 0) is 30.3 Å². The molecule has 1 amide bonds. The number of hydrogen-bond donors (Lipinski definition) is 1. The van der Waals surface area contributed by atoms with Crippen LogP contribution < -0.4 is 10.1 Å². The third-order valence-corrected chi connectivity index (χ3v) is 3.44. The van der Waals surface area contributed by atoms with Gasteiger partial charge in [-0.2, -0.15) is 0 Å². The first kappa shape index (κ1) is 12.8. The van der Waals surface area contributed by atoms with E-state index in [-0.39, 0.29) is 5.91 Å². The fourth-order valence-electron chi connectivity index (χ4n) is 2.26. The summed E-state index contributed by atoms with van der Waals surface area (Å²) in [6.07, 6.45) is 1.80. The lowest BCUT2D eigenvalue weighted by Gasteiger charge is -2.06. The van der Waals surface area contributed by atoms with Gasteiger partial charge in [-0.25, -0.2) is 0 Å². The average Bonchev–Trinajstić information content (AvgIpc) is 2.76. The molecule has 1 heterocycles. The molecule has 0 aromatic heterocycles. The second-order valence-corrected chi connectivity index (χ2v) is 4.88. The van der Waals surface area contributed by atoms with Crippen LogP contribution in [0.5, 0.6) is 5.75 Å². The highest BCUT2D eigenvalue weighted by molar-refractivity contribution is 6.35. The van der Waals surface area contributed by atoms with Crippen molar-refractivity contribution in [1.29, 1.82) is 0 Å². The van der Waals surface area contributed by atoms with Gasteiger partial charge in [-0.3, -0.25) is 4.79 Å². The highest BCUT2D eigenvalue weighted by atomic mass is 35.5. The van der Waals surface area contributed by atoms with Gasteiger partial charge in [-0.15, -0.1) is 0 Å². The molecule has 0 unspecified atom stereocenters. The molecular weight excluding hydrogens is 274 g/mol. The lowest BCUT2D eigenvalue weighted by molar-refractivity contribution is -0.110. The molecule has 0 radical (unpaired) electrons. The molecule has 0 saturated carbocycles. The molecule has 0 saturated heterocycles. The van der Waals surface area contributed by atoms with Crippen LogP contribution in [-0.4, -0.2) is 13.0 Å². The number of amides is 1. The standard InChI is InChI=1S/C16H12ClNO2/c1-20-15-7-6-11(17)8-10(15)9-13-12-4-2-3-5-14(12)18-16(13)19/h2-9H,1H3,(H,18,19)/b13-9+. The molecule has 1 aliphatic heterocycles. The summed E-state index contributed by atoms with van der Waals surface area (Å²) in [6.45, 7) is 0. The van der Waals surface area contributed by atoms with Crippen LogP contribution in [0.4, 0.5) is 5.69 Å². The van der Waals surface area contributed by atoms with Gasteiger partial charge in [0, 0.05) is 27.4 Å². The minimum atomic E-state index is -0.117. The number of anilines is 1. The monoisotopic (exact) mass is 285 g/mol. The number of fused-ring (bicyclic) bond motifs is 1. The summed E-state index contributed by atoms with van der Waals surface area (Å²) >= 11 is 6.01. The third-order valence-electron chi connectivity index (χ3n) is 3.20. The Morgan fingerprint density at radius 1 is 1.20 bits per heavy atom. The van der Waals surface area contributed by atoms with Crippen LogP contribution in [0.15, 0.2) is 42.5 Å². The minimum Gasteiger partial charge on any atom is -0.496 e. The second kappa shape index (κ2) is 5.02. The Morgan fingerprint density at radius 2 is 2.00 bits per heavy atom. The van der Waals surface area contributed by atoms with Crippen molar-refractivity contribution in [2.24, 2.45) is 0 Å². The van der Waals surface area contributed by atoms with Crippen LogP contribution >= 0.6 is 11.6 Å². The smallest absolute Gasteiger partial charge is 0.256 e. The summed E-state index contributed by atoms with van der Waals surface area (Å²) in [5, 5.41) is 3.44. The lowest BCUT2D eigenvalue weighted by atomic mass is 10.0. The Hall–Kier alpha value is -2.26. The molecule has 0 bridgehead atoms. The zero-order chi connectivity index (χ0) is 14.1. The summed E-state index contributed by atoms with van der Waals surface area (Å²) < 4.78 is 5.30. The van der Waals surface area contributed by atoms with Crippen molar-refractivity contribution in [2.45, 2.75) is 0 Å². The topological polar surface area (TPSA) is 38.3 Å². The normalized spacial score (nSPS) is 15.1. The first-order chi connectivity index (χ1) is 9.69. The number of rotatable bonds is 2. The largest absolute Gasteiger partial charge is 0.496 e. The summed E-state index contributed by atoms with van der Waals surface area (Å²) in [5.41, 5.74) is 3.10. The van der Waals surface area contributed by atoms with E-state index < -0.39 is 0 Å². The second-order valence-electron chi connectivity index (χ2n) is 4.44. The van der Waals surface area contributed by atoms with E-state index in [1.165, 1.54) is 0 Å². The van der Waals surface area contributed by atoms with Crippen molar-refractivity contribution in [3.63, 3.8) is 0 Å². The maximum absolute atomic E-state index is 12.1. The van der Waals surface area contributed by atoms with Crippen LogP contribution in [0.2, 0.25) is 5.02 Å². The number of nitrogens with one attached hydrogen (secondary N) is 1. The van der Waals surface area contributed by atoms with E-state index in [0.717, 1.165) is 16.8 Å². The number of para-hydroxylation sites is 1. The van der Waals surface area contributed by atoms with E-state index in [2.05, 4.69) is 5.32 Å². The average molecular weight is 286 g/mol. The number of benzene rings is 2. The molecule has 1 aliphatic rings. The van der Waals surface area contributed by atoms with Gasteiger partial charge < -0.3 is 10.1 Å². The van der Waals surface area contributed by atoms with E-state index in [1.54, 1.807) is 31.4 Å². The number of hydrogen-bond acceptors (Lipinski definition) is 2. The van der Waals surface area contributed by atoms with E-state index in [4.69, 9.17) is 16.3 Å². The molecule has 100 valence electrons. The van der Waals surface area contributed by atoms with Crippen molar-refractivity contribution in [3.8, 4) is 5.75 Å². The van der Waals surface area contributed by atoms with Gasteiger partial charge in [0.25, 0.3) is 5.91 Å². The fourth-order valence-corrected chi connectivity index (χ4v) is 2.44. The Morgan fingerprint density at radius 3 is 2.80 bits per heavy atom. The van der Waals surface area contributed by atoms with E-state index in [1.807, 2.05) is 24.3 Å². The zero-order valence-corrected chi connectivity index (χ0v) is 11.6. The lowest BCUT2D eigenvalue weighted by Crippen LogP contribution is -2.03. The molecule has 20 heavy (non-hydrogen) atoms. The predicted molar refractivity (Wildman–Crippen MR) is 80.9 cm³/mol. The van der Waals surface area contributed by atoms with Crippen molar-refractivity contribution in [1.82, 2.24) is 0 Å². The number of carbonyl (C=O) groups is 1. The van der Waals surface area contributed by atoms with Crippen LogP contribution in [0, 0.1) is 0 Å². The van der Waals surface area contributed by atoms with Gasteiger partial charge in [0.15, 0.2) is 0 Å². The number of halogens is 1. The summed E-state index contributed by atoms with van der Waals surface area (Å²) in [6, 6.07) is 12.9. The summed E-state index contributed by atoms with van der Waals surface area (Å²) in [5.74, 6) is 0.562. The quantitative estimate of drug-likeness (QED) is 0.851. The van der Waals surface area contributed by atoms with Crippen molar-refractivity contribution in [2.75, 3.05) is 12.4 Å². The Balaban J connectivity index is 2.13. The Bertz CT molecular complexity index is 722. The molecule has 1 N–H and O–H groups in total. The summed E-state index contributed by atoms with van der Waals surface area (Å²) in [7, 11) is 1.59. The molecule has 2 aromatic carbocycles. The Labute approximate surface area is 121 Å². The van der Waals surface area contributed by atoms with Crippen LogP contribution in [-0.2, 0) is 4.79 Å². The SMILES string of the molecule is COc1ccc(Cl)cc1/C=C1/C(=O)Nc2ccccc21. The molecule has 3 rings (SSSR count). The van der Waals surface area contributed by atoms with Crippen molar-refractivity contribution >= 4 is 34.8 Å². The van der Waals surface area contributed by atoms with E-state index >= 15 is 0 Å². The van der Waals surface area contributed by atoms with E-state index in [9.17, 15) is 4.79 Å². The molecule has 0 atom stereocenters. The van der Waals surface area contributed by atoms with Gasteiger partial charge in [-0.1, -0.05) is 29.8 Å². The first-order valence-electron chi connectivity index (χ1n) is 6.15. The fraction of sp³-hybridized carbons (Fsp3) is 0.0625. The number of ether oxygens (including phenoxy) is 1.